The molecule has 0 N–H and O–H groups in total. The smallest absolute Gasteiger partial charge is 0.211 e. The Balaban J connectivity index is 3.95. The first-order valence-corrected chi connectivity index (χ1v) is 3.05. The summed E-state index contributed by atoms with van der Waals surface area (Å²) in [6.45, 7) is -2.85. The van der Waals surface area contributed by atoms with E-state index in [1.54, 1.807) is 0 Å². The van der Waals surface area contributed by atoms with Crippen LogP contribution in [0.4, 0.5) is 11.4 Å². The second-order valence-electron chi connectivity index (χ2n) is 1.85. The van der Waals surface area contributed by atoms with E-state index in [1.165, 1.54) is 0 Å². The molecular weight excluding hydrogens is 168 g/mol. The number of hydrogen-bond acceptors (Lipinski definition) is 4. The topological polar surface area (TPSA) is 58.9 Å². The van der Waals surface area contributed by atoms with Crippen molar-refractivity contribution in [2.24, 2.45) is 9.98 Å². The van der Waals surface area contributed by atoms with Crippen LogP contribution in [-0.4, -0.2) is 12.2 Å². The Morgan fingerprint density at radius 2 is 2.15 bits per heavy atom. The molecule has 0 radical (unpaired) electrons. The number of isocyanates is 2. The standard InChI is InChI=1S/C9H6N2O2/c1-7-2-3-8(10-5-12)4-9(7)11-6-13/h2-4H,1H3/i1D3,2D,3D,4D. The van der Waals surface area contributed by atoms with Crippen LogP contribution in [0, 0.1) is 6.85 Å². The molecule has 0 amide bonds. The lowest BCUT2D eigenvalue weighted by Gasteiger charge is -1.97. The Morgan fingerprint density at radius 3 is 2.77 bits per heavy atom. The largest absolute Gasteiger partial charge is 0.240 e. The molecule has 1 rings (SSSR count). The number of benzene rings is 1. The number of aliphatic imine (C=N–C) groups is 2. The average molecular weight is 180 g/mol. The van der Waals surface area contributed by atoms with E-state index in [9.17, 15) is 9.59 Å². The zero-order valence-electron chi connectivity index (χ0n) is 12.2. The second kappa shape index (κ2) is 4.12. The van der Waals surface area contributed by atoms with E-state index < -0.39 is 41.9 Å². The molecular formula is C9H6N2O2. The first kappa shape index (κ1) is 3.79. The van der Waals surface area contributed by atoms with Gasteiger partial charge in [0.25, 0.3) is 0 Å². The molecule has 0 saturated carbocycles. The SMILES string of the molecule is [2H]c1c([2H])c(C([2H])([2H])[2H])c(N=C=O)c([2H])c1N=C=O. The summed E-state index contributed by atoms with van der Waals surface area (Å²) in [4.78, 5) is 26.6. The fraction of sp³-hybridized carbons (Fsp3) is 0.111. The molecule has 0 fully saturated rings. The minimum atomic E-state index is -2.85. The number of nitrogens with zero attached hydrogens (tertiary/aromatic N) is 2. The highest BCUT2D eigenvalue weighted by Crippen LogP contribution is 2.23. The fourth-order valence-corrected chi connectivity index (χ4v) is 0.618. The summed E-state index contributed by atoms with van der Waals surface area (Å²) in [6.07, 6.45) is 2.16. The molecule has 1 aromatic carbocycles. The van der Waals surface area contributed by atoms with Gasteiger partial charge in [-0.1, -0.05) is 6.04 Å². The Morgan fingerprint density at radius 1 is 1.38 bits per heavy atom. The van der Waals surface area contributed by atoms with Crippen molar-refractivity contribution in [1.29, 1.82) is 0 Å². The summed E-state index contributed by atoms with van der Waals surface area (Å²) in [6, 6.07) is -2.21. The van der Waals surface area contributed by atoms with E-state index in [-0.39, 0.29) is 0 Å². The van der Waals surface area contributed by atoms with Crippen molar-refractivity contribution < 1.29 is 17.8 Å². The van der Waals surface area contributed by atoms with Crippen LogP contribution in [0.2, 0.25) is 0 Å². The van der Waals surface area contributed by atoms with Crippen LogP contribution in [0.1, 0.15) is 13.8 Å². The quantitative estimate of drug-likeness (QED) is 0.515. The van der Waals surface area contributed by atoms with Crippen molar-refractivity contribution in [3.05, 3.63) is 23.7 Å². The third kappa shape index (κ3) is 2.20. The van der Waals surface area contributed by atoms with Crippen molar-refractivity contribution in [2.45, 2.75) is 6.85 Å². The second-order valence-corrected chi connectivity index (χ2v) is 1.85. The molecule has 0 aromatic heterocycles. The lowest BCUT2D eigenvalue weighted by atomic mass is 10.2. The molecule has 0 spiro atoms. The van der Waals surface area contributed by atoms with Gasteiger partial charge in [0.1, 0.15) is 0 Å². The third-order valence-corrected chi connectivity index (χ3v) is 1.09. The number of hydrogen-bond donors (Lipinski definition) is 0. The van der Waals surface area contributed by atoms with Gasteiger partial charge in [0.05, 0.1) is 15.5 Å². The van der Waals surface area contributed by atoms with Crippen molar-refractivity contribution >= 4 is 23.5 Å². The molecule has 0 aliphatic rings. The lowest BCUT2D eigenvalue weighted by Crippen LogP contribution is -1.73. The summed E-state index contributed by atoms with van der Waals surface area (Å²) >= 11 is 0. The monoisotopic (exact) mass is 180 g/mol. The normalized spacial score (nSPS) is 16.0. The molecule has 4 nitrogen and oxygen atoms in total. The van der Waals surface area contributed by atoms with E-state index in [1.807, 2.05) is 0 Å². The highest BCUT2D eigenvalue weighted by Gasteiger charge is 1.97. The third-order valence-electron chi connectivity index (χ3n) is 1.09. The molecule has 4 heteroatoms. The Hall–Kier alpha value is -2.02. The first-order valence-electron chi connectivity index (χ1n) is 6.05. The molecule has 0 aliphatic heterocycles. The minimum Gasteiger partial charge on any atom is -0.211 e. The van der Waals surface area contributed by atoms with E-state index in [2.05, 4.69) is 9.98 Å². The Bertz CT molecular complexity index is 627. The van der Waals surface area contributed by atoms with E-state index in [0.29, 0.717) is 0 Å². The van der Waals surface area contributed by atoms with Gasteiger partial charge < -0.3 is 0 Å². The Labute approximate surface area is 83.1 Å². The molecule has 64 valence electrons. The summed E-state index contributed by atoms with van der Waals surface area (Å²) < 4.78 is 44.5. The zero-order chi connectivity index (χ0) is 14.8. The molecule has 0 atom stereocenters. The predicted octanol–water partition coefficient (Wildman–Crippen LogP) is 1.93. The van der Waals surface area contributed by atoms with E-state index in [0.717, 1.165) is 12.2 Å². The van der Waals surface area contributed by atoms with Crippen LogP contribution in [0.5, 0.6) is 0 Å². The maximum absolute atomic E-state index is 10.3. The van der Waals surface area contributed by atoms with Gasteiger partial charge in [-0.25, -0.2) is 9.59 Å². The van der Waals surface area contributed by atoms with Crippen LogP contribution in [0.15, 0.2) is 28.1 Å². The van der Waals surface area contributed by atoms with E-state index >= 15 is 0 Å². The maximum atomic E-state index is 10.3. The summed E-state index contributed by atoms with van der Waals surface area (Å²) in [7, 11) is 0. The molecule has 0 saturated heterocycles. The van der Waals surface area contributed by atoms with Crippen molar-refractivity contribution in [2.75, 3.05) is 0 Å². The highest BCUT2D eigenvalue weighted by molar-refractivity contribution is 5.61. The predicted molar refractivity (Wildman–Crippen MR) is 46.7 cm³/mol. The highest BCUT2D eigenvalue weighted by atomic mass is 16.1. The molecule has 0 bridgehead atoms. The molecule has 0 heterocycles. The van der Waals surface area contributed by atoms with Crippen LogP contribution < -0.4 is 0 Å². The molecule has 0 unspecified atom stereocenters. The number of carbonyl (C=O) groups excluding carboxylic acids is 2. The zero-order valence-corrected chi connectivity index (χ0v) is 6.21. The van der Waals surface area contributed by atoms with Crippen LogP contribution in [0.25, 0.3) is 0 Å². The average Bonchev–Trinajstić information content (AvgIpc) is 2.30. The maximum Gasteiger partial charge on any atom is 0.240 e. The summed E-state index contributed by atoms with van der Waals surface area (Å²) in [5.41, 5.74) is -1.94. The lowest BCUT2D eigenvalue weighted by molar-refractivity contribution is 0.565. The van der Waals surface area contributed by atoms with Crippen molar-refractivity contribution in [3.63, 3.8) is 0 Å². The molecule has 13 heavy (non-hydrogen) atoms. The molecule has 0 aliphatic carbocycles. The van der Waals surface area contributed by atoms with Crippen molar-refractivity contribution in [1.82, 2.24) is 0 Å². The summed E-state index contributed by atoms with van der Waals surface area (Å²) in [5.74, 6) is 0. The van der Waals surface area contributed by atoms with Crippen LogP contribution in [0.3, 0.4) is 0 Å². The van der Waals surface area contributed by atoms with Crippen LogP contribution in [-0.2, 0) is 9.59 Å². The summed E-state index contributed by atoms with van der Waals surface area (Å²) in [5, 5.41) is 0. The minimum absolute atomic E-state index is 0.568. The number of rotatable bonds is 2. The first-order chi connectivity index (χ1) is 8.75. The van der Waals surface area contributed by atoms with Crippen LogP contribution >= 0.6 is 0 Å². The van der Waals surface area contributed by atoms with Gasteiger partial charge >= 0.3 is 0 Å². The fourth-order valence-electron chi connectivity index (χ4n) is 0.618. The van der Waals surface area contributed by atoms with Gasteiger partial charge in [0.2, 0.25) is 12.2 Å². The van der Waals surface area contributed by atoms with Gasteiger partial charge in [0.15, 0.2) is 0 Å². The van der Waals surface area contributed by atoms with Gasteiger partial charge in [-0.3, -0.25) is 0 Å². The Kier molecular flexibility index (Phi) is 1.20. The van der Waals surface area contributed by atoms with Gasteiger partial charge in [-0.05, 0) is 24.5 Å². The van der Waals surface area contributed by atoms with Gasteiger partial charge in [0, 0.05) is 4.11 Å². The van der Waals surface area contributed by atoms with Crippen molar-refractivity contribution in [3.8, 4) is 0 Å². The van der Waals surface area contributed by atoms with Gasteiger partial charge in [-0.2, -0.15) is 9.98 Å². The van der Waals surface area contributed by atoms with E-state index in [4.69, 9.17) is 8.22 Å². The molecule has 1 aromatic rings. The van der Waals surface area contributed by atoms with Gasteiger partial charge in [-0.15, -0.1) is 0 Å².